The summed E-state index contributed by atoms with van der Waals surface area (Å²) in [4.78, 5) is 75.9. The lowest BCUT2D eigenvalue weighted by atomic mass is 10.0. The molecule has 0 radical (unpaired) electrons. The summed E-state index contributed by atoms with van der Waals surface area (Å²) < 4.78 is 0. The maximum Gasteiger partial charge on any atom is 0.251 e. The smallest absolute Gasteiger partial charge is 0.251 e. The van der Waals surface area contributed by atoms with Crippen LogP contribution in [0.3, 0.4) is 0 Å². The molecule has 10 nitrogen and oxygen atoms in total. The molecule has 0 aliphatic carbocycles. The molecular weight excluding hydrogens is 679 g/mol. The second kappa shape index (κ2) is 20.3. The number of nitrogens with one attached hydrogen (secondary N) is 4. The van der Waals surface area contributed by atoms with Crippen LogP contribution in [0.4, 0.5) is 0 Å². The minimum absolute atomic E-state index is 0. The molecule has 0 spiro atoms. The van der Waals surface area contributed by atoms with Gasteiger partial charge in [0, 0.05) is 48.2 Å². The van der Waals surface area contributed by atoms with Crippen molar-refractivity contribution >= 4 is 60.0 Å². The van der Waals surface area contributed by atoms with E-state index in [1.807, 2.05) is 60.7 Å². The van der Waals surface area contributed by atoms with E-state index >= 15 is 0 Å². The van der Waals surface area contributed by atoms with E-state index < -0.39 is 35.7 Å². The molecule has 0 saturated heterocycles. The molecule has 0 heterocycles. The fourth-order valence-corrected chi connectivity index (χ4v) is 4.93. The molecule has 0 bridgehead atoms. The summed E-state index contributed by atoms with van der Waals surface area (Å²) in [5.74, 6) is -2.06. The van der Waals surface area contributed by atoms with Gasteiger partial charge in [-0.3, -0.25) is 28.8 Å². The van der Waals surface area contributed by atoms with E-state index in [1.54, 1.807) is 24.3 Å². The molecular formula is C38H40Cl2N4O6. The van der Waals surface area contributed by atoms with E-state index in [0.717, 1.165) is 11.1 Å². The Balaban J connectivity index is 0.00000433. The van der Waals surface area contributed by atoms with Crippen molar-refractivity contribution in [3.8, 4) is 0 Å². The van der Waals surface area contributed by atoms with Crippen molar-refractivity contribution in [2.75, 3.05) is 13.1 Å². The summed E-state index contributed by atoms with van der Waals surface area (Å²) >= 11 is 0. The van der Waals surface area contributed by atoms with Crippen molar-refractivity contribution in [1.82, 2.24) is 21.3 Å². The number of carbonyl (C=O) groups excluding carboxylic acids is 6. The third kappa shape index (κ3) is 12.3. The number of rotatable bonds is 15. The van der Waals surface area contributed by atoms with Gasteiger partial charge in [-0.15, -0.1) is 24.8 Å². The third-order valence-corrected chi connectivity index (χ3v) is 7.64. The number of carbonyl (C=O) groups is 6. The standard InChI is InChI=1S/C38H38N4O6.2ClH/c1-25(43)29-13-17-31(18-14-29)35(45)41-33(23-27-9-5-3-6-10-27)37(47)39-21-22-40-38(48)34(24-28-11-7-4-8-12-28)42-36(46)32-19-15-30(16-20-32)26(2)44;;/h3-20,33-34H,21-24H2,1-2H3,(H,39,47)(H,40,48)(H,41,45)(H,42,46);2*1H/t33-,34-;;/m0../s1. The van der Waals surface area contributed by atoms with Crippen molar-refractivity contribution in [3.05, 3.63) is 143 Å². The first-order valence-corrected chi connectivity index (χ1v) is 15.6. The Morgan fingerprint density at radius 3 is 1.06 bits per heavy atom. The summed E-state index contributed by atoms with van der Waals surface area (Å²) in [5.41, 5.74) is 3.24. The predicted molar refractivity (Wildman–Crippen MR) is 196 cm³/mol. The fourth-order valence-electron chi connectivity index (χ4n) is 4.93. The second-order valence-corrected chi connectivity index (χ2v) is 11.3. The van der Waals surface area contributed by atoms with Crippen molar-refractivity contribution in [1.29, 1.82) is 0 Å². The first-order valence-electron chi connectivity index (χ1n) is 15.6. The van der Waals surface area contributed by atoms with E-state index in [4.69, 9.17) is 0 Å². The van der Waals surface area contributed by atoms with Gasteiger partial charge in [-0.1, -0.05) is 84.9 Å². The molecule has 4 aromatic rings. The van der Waals surface area contributed by atoms with Gasteiger partial charge in [0.2, 0.25) is 11.8 Å². The maximum absolute atomic E-state index is 13.3. The lowest BCUT2D eigenvalue weighted by Crippen LogP contribution is -2.51. The lowest BCUT2D eigenvalue weighted by Gasteiger charge is -2.20. The number of halogens is 2. The molecule has 4 rings (SSSR count). The normalized spacial score (nSPS) is 11.3. The Kier molecular flexibility index (Phi) is 16.5. The topological polar surface area (TPSA) is 151 Å². The highest BCUT2D eigenvalue weighted by molar-refractivity contribution is 6.00. The summed E-state index contributed by atoms with van der Waals surface area (Å²) in [6.07, 6.45) is 0.462. The number of amides is 4. The number of hydrogen-bond acceptors (Lipinski definition) is 6. The van der Waals surface area contributed by atoms with Crippen LogP contribution in [-0.2, 0) is 22.4 Å². The molecule has 0 aromatic heterocycles. The van der Waals surface area contributed by atoms with Crippen molar-refractivity contribution in [2.24, 2.45) is 0 Å². The Hall–Kier alpha value is -5.32. The minimum Gasteiger partial charge on any atom is -0.353 e. The number of benzene rings is 4. The summed E-state index contributed by atoms with van der Waals surface area (Å²) in [7, 11) is 0. The van der Waals surface area contributed by atoms with Crippen LogP contribution in [0.2, 0.25) is 0 Å². The molecule has 0 unspecified atom stereocenters. The van der Waals surface area contributed by atoms with E-state index in [2.05, 4.69) is 21.3 Å². The summed E-state index contributed by atoms with van der Waals surface area (Å²) in [6, 6.07) is 29.0. The molecule has 4 amide bonds. The van der Waals surface area contributed by atoms with Gasteiger partial charge in [-0.2, -0.15) is 0 Å². The van der Waals surface area contributed by atoms with Gasteiger partial charge >= 0.3 is 0 Å². The minimum atomic E-state index is -0.914. The summed E-state index contributed by atoms with van der Waals surface area (Å²) in [5, 5.41) is 11.1. The Labute approximate surface area is 303 Å². The van der Waals surface area contributed by atoms with E-state index in [0.29, 0.717) is 22.3 Å². The molecule has 2 atom stereocenters. The lowest BCUT2D eigenvalue weighted by molar-refractivity contribution is -0.124. The molecule has 0 saturated carbocycles. The van der Waals surface area contributed by atoms with Crippen LogP contribution in [-0.4, -0.2) is 60.4 Å². The maximum atomic E-state index is 13.3. The van der Waals surface area contributed by atoms with Gasteiger partial charge in [-0.05, 0) is 49.2 Å². The van der Waals surface area contributed by atoms with E-state index in [1.165, 1.54) is 38.1 Å². The van der Waals surface area contributed by atoms with Gasteiger partial charge in [-0.25, -0.2) is 0 Å². The van der Waals surface area contributed by atoms with Crippen LogP contribution in [0.1, 0.15) is 66.4 Å². The molecule has 50 heavy (non-hydrogen) atoms. The largest absolute Gasteiger partial charge is 0.353 e. The van der Waals surface area contributed by atoms with Crippen LogP contribution in [0.25, 0.3) is 0 Å². The summed E-state index contributed by atoms with van der Waals surface area (Å²) in [6.45, 7) is 3.01. The van der Waals surface area contributed by atoms with Crippen molar-refractivity contribution in [2.45, 2.75) is 38.8 Å². The van der Waals surface area contributed by atoms with Gasteiger partial charge in [0.1, 0.15) is 12.1 Å². The van der Waals surface area contributed by atoms with Crippen LogP contribution >= 0.6 is 24.8 Å². The van der Waals surface area contributed by atoms with Gasteiger partial charge < -0.3 is 21.3 Å². The molecule has 0 aliphatic rings. The average molecular weight is 720 g/mol. The molecule has 4 N–H and O–H groups in total. The predicted octanol–water partition coefficient (Wildman–Crippen LogP) is 4.55. The third-order valence-electron chi connectivity index (χ3n) is 7.64. The molecule has 262 valence electrons. The second-order valence-electron chi connectivity index (χ2n) is 11.3. The van der Waals surface area contributed by atoms with E-state index in [9.17, 15) is 28.8 Å². The zero-order chi connectivity index (χ0) is 34.5. The number of hydrogen-bond donors (Lipinski definition) is 4. The van der Waals surface area contributed by atoms with Gasteiger partial charge in [0.05, 0.1) is 0 Å². The number of Topliss-reactive ketones (excluding diaryl/α,β-unsaturated/α-hetero) is 2. The molecule has 0 aliphatic heterocycles. The zero-order valence-corrected chi connectivity index (χ0v) is 29.3. The first-order chi connectivity index (χ1) is 23.1. The van der Waals surface area contributed by atoms with Crippen molar-refractivity contribution < 1.29 is 28.8 Å². The highest BCUT2D eigenvalue weighted by Crippen LogP contribution is 2.10. The zero-order valence-electron chi connectivity index (χ0n) is 27.6. The fraction of sp³-hybridized carbons (Fsp3) is 0.211. The Morgan fingerprint density at radius 2 is 0.760 bits per heavy atom. The average Bonchev–Trinajstić information content (AvgIpc) is 3.10. The highest BCUT2D eigenvalue weighted by Gasteiger charge is 2.24. The van der Waals surface area contributed by atoms with Crippen molar-refractivity contribution in [3.63, 3.8) is 0 Å². The quantitative estimate of drug-likeness (QED) is 0.105. The SMILES string of the molecule is CC(=O)c1ccc(C(=O)N[C@@H](Cc2ccccc2)C(=O)NCCNC(=O)[C@H](Cc2ccccc2)NC(=O)c2ccc(C(C)=O)cc2)cc1.Cl.Cl. The monoisotopic (exact) mass is 718 g/mol. The van der Waals surface area contributed by atoms with Crippen LogP contribution in [0, 0.1) is 0 Å². The van der Waals surface area contributed by atoms with Gasteiger partial charge in [0.25, 0.3) is 11.8 Å². The molecule has 4 aromatic carbocycles. The van der Waals surface area contributed by atoms with Gasteiger partial charge in [0.15, 0.2) is 11.6 Å². The molecule has 0 fully saturated rings. The van der Waals surface area contributed by atoms with Crippen LogP contribution in [0.15, 0.2) is 109 Å². The van der Waals surface area contributed by atoms with Crippen LogP contribution < -0.4 is 21.3 Å². The van der Waals surface area contributed by atoms with Crippen LogP contribution in [0.5, 0.6) is 0 Å². The Morgan fingerprint density at radius 1 is 0.460 bits per heavy atom. The Bertz CT molecular complexity index is 1620. The highest BCUT2D eigenvalue weighted by atomic mass is 35.5. The first kappa shape index (κ1) is 40.9. The molecule has 12 heteroatoms. The van der Waals surface area contributed by atoms with E-state index in [-0.39, 0.29) is 62.3 Å². The number of ketones is 2.